The third-order valence-corrected chi connectivity index (χ3v) is 4.60. The Kier molecular flexibility index (Phi) is 3.60. The highest BCUT2D eigenvalue weighted by Gasteiger charge is 2.43. The van der Waals surface area contributed by atoms with Crippen molar-refractivity contribution in [2.24, 2.45) is 5.41 Å². The van der Waals surface area contributed by atoms with Gasteiger partial charge in [-0.05, 0) is 50.5 Å². The molecule has 16 heavy (non-hydrogen) atoms. The molecule has 0 aromatic heterocycles. The molecule has 2 fully saturated rings. The second-order valence-electron chi connectivity index (χ2n) is 6.54. The minimum atomic E-state index is 0.360. The summed E-state index contributed by atoms with van der Waals surface area (Å²) in [6, 6.07) is 0. The number of ether oxygens (including phenoxy) is 1. The lowest BCUT2D eigenvalue weighted by molar-refractivity contribution is 0.0747. The molecule has 2 aliphatic heterocycles. The van der Waals surface area contributed by atoms with Crippen molar-refractivity contribution in [2.75, 3.05) is 13.2 Å². The van der Waals surface area contributed by atoms with Crippen molar-refractivity contribution in [1.29, 1.82) is 0 Å². The van der Waals surface area contributed by atoms with Crippen LogP contribution in [0.15, 0.2) is 0 Å². The fourth-order valence-corrected chi connectivity index (χ4v) is 3.31. The minimum Gasteiger partial charge on any atom is -0.378 e. The van der Waals surface area contributed by atoms with Crippen LogP contribution in [0.25, 0.3) is 0 Å². The molecule has 0 amide bonds. The number of hydrogen-bond acceptors (Lipinski definition) is 2. The second kappa shape index (κ2) is 4.66. The van der Waals surface area contributed by atoms with E-state index in [1.807, 2.05) is 0 Å². The molecule has 2 aliphatic rings. The van der Waals surface area contributed by atoms with Crippen LogP contribution in [-0.4, -0.2) is 24.8 Å². The summed E-state index contributed by atoms with van der Waals surface area (Å²) in [5.41, 5.74) is 0.723. The van der Waals surface area contributed by atoms with Crippen LogP contribution < -0.4 is 5.32 Å². The van der Waals surface area contributed by atoms with Gasteiger partial charge >= 0.3 is 0 Å². The molecule has 94 valence electrons. The maximum atomic E-state index is 5.74. The minimum absolute atomic E-state index is 0.360. The molecule has 2 heterocycles. The van der Waals surface area contributed by atoms with Crippen LogP contribution >= 0.6 is 0 Å². The number of rotatable bonds is 3. The van der Waals surface area contributed by atoms with E-state index in [4.69, 9.17) is 4.74 Å². The third kappa shape index (κ3) is 2.43. The first-order valence-electron chi connectivity index (χ1n) is 6.90. The Bertz CT molecular complexity index is 219. The fourth-order valence-electron chi connectivity index (χ4n) is 3.31. The van der Waals surface area contributed by atoms with Crippen molar-refractivity contribution in [3.8, 4) is 0 Å². The maximum Gasteiger partial charge on any atom is 0.0576 e. The van der Waals surface area contributed by atoms with E-state index >= 15 is 0 Å². The number of nitrogens with one attached hydrogen (secondary N) is 1. The largest absolute Gasteiger partial charge is 0.378 e. The SMILES string of the molecule is CC(C)(C)C1(CCC2CCCO2)CCCN1. The summed E-state index contributed by atoms with van der Waals surface area (Å²) in [4.78, 5) is 0. The molecular formula is C14H27NO. The van der Waals surface area contributed by atoms with Crippen LogP contribution in [0.4, 0.5) is 0 Å². The Hall–Kier alpha value is -0.0800. The van der Waals surface area contributed by atoms with Gasteiger partial charge in [0.2, 0.25) is 0 Å². The molecule has 2 atom stereocenters. The Morgan fingerprint density at radius 2 is 2.12 bits per heavy atom. The molecular weight excluding hydrogens is 198 g/mol. The molecule has 0 aromatic rings. The number of hydrogen-bond donors (Lipinski definition) is 1. The normalized spacial score (nSPS) is 35.8. The molecule has 0 spiro atoms. The van der Waals surface area contributed by atoms with E-state index in [2.05, 4.69) is 26.1 Å². The predicted molar refractivity (Wildman–Crippen MR) is 67.6 cm³/mol. The first-order valence-corrected chi connectivity index (χ1v) is 6.90. The highest BCUT2D eigenvalue weighted by molar-refractivity contribution is 5.01. The first kappa shape index (κ1) is 12.4. The van der Waals surface area contributed by atoms with Gasteiger partial charge in [-0.3, -0.25) is 0 Å². The quantitative estimate of drug-likeness (QED) is 0.797. The zero-order chi connectivity index (χ0) is 11.6. The Morgan fingerprint density at radius 1 is 1.31 bits per heavy atom. The monoisotopic (exact) mass is 225 g/mol. The smallest absolute Gasteiger partial charge is 0.0576 e. The average Bonchev–Trinajstić information content (AvgIpc) is 2.86. The molecule has 2 heteroatoms. The zero-order valence-corrected chi connectivity index (χ0v) is 11.1. The summed E-state index contributed by atoms with van der Waals surface area (Å²) in [5, 5.41) is 3.78. The molecule has 2 unspecified atom stereocenters. The van der Waals surface area contributed by atoms with Crippen LogP contribution in [0.2, 0.25) is 0 Å². The summed E-state index contributed by atoms with van der Waals surface area (Å²) in [6.45, 7) is 9.31. The highest BCUT2D eigenvalue weighted by Crippen LogP contribution is 2.41. The van der Waals surface area contributed by atoms with Crippen LogP contribution in [0, 0.1) is 5.41 Å². The molecule has 2 saturated heterocycles. The third-order valence-electron chi connectivity index (χ3n) is 4.60. The van der Waals surface area contributed by atoms with Gasteiger partial charge in [0.1, 0.15) is 0 Å². The van der Waals surface area contributed by atoms with Gasteiger partial charge < -0.3 is 10.1 Å². The summed E-state index contributed by atoms with van der Waals surface area (Å²) in [5.74, 6) is 0. The van der Waals surface area contributed by atoms with Crippen LogP contribution in [0.3, 0.4) is 0 Å². The summed E-state index contributed by atoms with van der Waals surface area (Å²) in [7, 11) is 0. The molecule has 0 aliphatic carbocycles. The van der Waals surface area contributed by atoms with Gasteiger partial charge in [0.05, 0.1) is 6.10 Å². The summed E-state index contributed by atoms with van der Waals surface area (Å²) >= 11 is 0. The lowest BCUT2D eigenvalue weighted by Crippen LogP contribution is -2.51. The van der Waals surface area contributed by atoms with Crippen LogP contribution in [0.5, 0.6) is 0 Å². The highest BCUT2D eigenvalue weighted by atomic mass is 16.5. The molecule has 0 radical (unpaired) electrons. The van der Waals surface area contributed by atoms with Crippen molar-refractivity contribution in [3.05, 3.63) is 0 Å². The van der Waals surface area contributed by atoms with E-state index in [-0.39, 0.29) is 0 Å². The Labute approximate surface area is 100 Å². The van der Waals surface area contributed by atoms with Gasteiger partial charge in [-0.25, -0.2) is 0 Å². The molecule has 2 nitrogen and oxygen atoms in total. The van der Waals surface area contributed by atoms with Crippen molar-refractivity contribution >= 4 is 0 Å². The van der Waals surface area contributed by atoms with Gasteiger partial charge in [-0.2, -0.15) is 0 Å². The van der Waals surface area contributed by atoms with E-state index in [0.717, 1.165) is 6.61 Å². The predicted octanol–water partition coefficient (Wildman–Crippen LogP) is 3.11. The van der Waals surface area contributed by atoms with Crippen LogP contribution in [-0.2, 0) is 4.74 Å². The van der Waals surface area contributed by atoms with Crippen molar-refractivity contribution in [3.63, 3.8) is 0 Å². The lowest BCUT2D eigenvalue weighted by Gasteiger charge is -2.43. The van der Waals surface area contributed by atoms with Gasteiger partial charge in [-0.1, -0.05) is 20.8 Å². The van der Waals surface area contributed by atoms with E-state index < -0.39 is 0 Å². The van der Waals surface area contributed by atoms with Crippen molar-refractivity contribution < 1.29 is 4.74 Å². The zero-order valence-electron chi connectivity index (χ0n) is 11.1. The van der Waals surface area contributed by atoms with E-state index in [1.165, 1.54) is 45.1 Å². The summed E-state index contributed by atoms with van der Waals surface area (Å²) < 4.78 is 5.74. The van der Waals surface area contributed by atoms with Crippen molar-refractivity contribution in [1.82, 2.24) is 5.32 Å². The molecule has 0 aromatic carbocycles. The van der Waals surface area contributed by atoms with Gasteiger partial charge in [0.25, 0.3) is 0 Å². The van der Waals surface area contributed by atoms with E-state index in [0.29, 0.717) is 17.1 Å². The van der Waals surface area contributed by atoms with E-state index in [9.17, 15) is 0 Å². The lowest BCUT2D eigenvalue weighted by atomic mass is 9.69. The van der Waals surface area contributed by atoms with Crippen LogP contribution in [0.1, 0.15) is 59.3 Å². The Balaban J connectivity index is 1.92. The topological polar surface area (TPSA) is 21.3 Å². The fraction of sp³-hybridized carbons (Fsp3) is 1.00. The van der Waals surface area contributed by atoms with E-state index in [1.54, 1.807) is 0 Å². The molecule has 1 N–H and O–H groups in total. The maximum absolute atomic E-state index is 5.74. The molecule has 0 bridgehead atoms. The molecule has 0 saturated carbocycles. The second-order valence-corrected chi connectivity index (χ2v) is 6.54. The van der Waals surface area contributed by atoms with Crippen molar-refractivity contribution in [2.45, 2.75) is 70.9 Å². The molecule has 2 rings (SSSR count). The standard InChI is InChI=1S/C14H27NO/c1-13(2,3)14(8-5-10-15-14)9-7-12-6-4-11-16-12/h12,15H,4-11H2,1-3H3. The van der Waals surface area contributed by atoms with Gasteiger partial charge in [0.15, 0.2) is 0 Å². The first-order chi connectivity index (χ1) is 7.54. The van der Waals surface area contributed by atoms with Gasteiger partial charge in [-0.15, -0.1) is 0 Å². The average molecular weight is 225 g/mol. The Morgan fingerprint density at radius 3 is 2.62 bits per heavy atom. The van der Waals surface area contributed by atoms with Gasteiger partial charge in [0, 0.05) is 12.1 Å². The summed E-state index contributed by atoms with van der Waals surface area (Å²) in [6.07, 6.45) is 8.28.